The molecule has 0 unspecified atom stereocenters. The Hall–Kier alpha value is -3.93. The predicted molar refractivity (Wildman–Crippen MR) is 119 cm³/mol. The highest BCUT2D eigenvalue weighted by Crippen LogP contribution is 2.17. The number of hydrogen-bond acceptors (Lipinski definition) is 4. The molecule has 0 saturated heterocycles. The highest BCUT2D eigenvalue weighted by molar-refractivity contribution is 6.15. The summed E-state index contributed by atoms with van der Waals surface area (Å²) in [5, 5.41) is 14.7. The van der Waals surface area contributed by atoms with Crippen molar-refractivity contribution in [3.05, 3.63) is 100 Å². The maximum absolute atomic E-state index is 13.0. The summed E-state index contributed by atoms with van der Waals surface area (Å²) in [7, 11) is 0. The molecule has 0 fully saturated rings. The molecule has 6 heteroatoms. The van der Waals surface area contributed by atoms with E-state index in [0.717, 1.165) is 11.1 Å². The molecular weight excluding hydrogens is 392 g/mol. The highest BCUT2D eigenvalue weighted by atomic mass is 16.3. The Bertz CT molecular complexity index is 1120. The lowest BCUT2D eigenvalue weighted by molar-refractivity contribution is 0.0924. The number of aryl methyl sites for hydroxylation is 2. The molecule has 2 amide bonds. The van der Waals surface area contributed by atoms with E-state index >= 15 is 0 Å². The topological polar surface area (TPSA) is 95.5 Å². The van der Waals surface area contributed by atoms with Gasteiger partial charge in [-0.05, 0) is 61.4 Å². The summed E-state index contributed by atoms with van der Waals surface area (Å²) in [5.41, 5.74) is 3.67. The van der Waals surface area contributed by atoms with E-state index in [1.165, 1.54) is 24.3 Å². The van der Waals surface area contributed by atoms with Gasteiger partial charge in [-0.1, -0.05) is 30.3 Å². The lowest BCUT2D eigenvalue weighted by Crippen LogP contribution is -2.35. The van der Waals surface area contributed by atoms with Crippen molar-refractivity contribution in [2.24, 2.45) is 0 Å². The van der Waals surface area contributed by atoms with Gasteiger partial charge in [-0.15, -0.1) is 0 Å². The van der Waals surface area contributed by atoms with E-state index in [1.54, 1.807) is 30.3 Å². The average Bonchev–Trinajstić information content (AvgIpc) is 2.78. The van der Waals surface area contributed by atoms with Gasteiger partial charge >= 0.3 is 0 Å². The quantitative estimate of drug-likeness (QED) is 0.406. The third-order valence-corrected chi connectivity index (χ3v) is 5.01. The van der Waals surface area contributed by atoms with Gasteiger partial charge in [0.1, 0.15) is 5.75 Å². The molecule has 3 aromatic carbocycles. The molecule has 3 aromatic rings. The highest BCUT2D eigenvalue weighted by Gasteiger charge is 2.18. The van der Waals surface area contributed by atoms with Crippen LogP contribution in [0.1, 0.15) is 47.8 Å². The number of rotatable bonds is 7. The number of hydrogen-bond donors (Lipinski definition) is 3. The van der Waals surface area contributed by atoms with E-state index in [0.29, 0.717) is 16.7 Å². The maximum Gasteiger partial charge on any atom is 0.252 e. The number of carbonyl (C=O) groups is 3. The van der Waals surface area contributed by atoms with Gasteiger partial charge in [0.25, 0.3) is 11.8 Å². The van der Waals surface area contributed by atoms with Crippen LogP contribution in [0.4, 0.5) is 0 Å². The van der Waals surface area contributed by atoms with Crippen molar-refractivity contribution in [1.29, 1.82) is 0 Å². The van der Waals surface area contributed by atoms with Gasteiger partial charge in [-0.3, -0.25) is 14.4 Å². The summed E-state index contributed by atoms with van der Waals surface area (Å²) in [4.78, 5) is 37.7. The first kappa shape index (κ1) is 21.8. The Morgan fingerprint density at radius 3 is 1.94 bits per heavy atom. The van der Waals surface area contributed by atoms with Crippen LogP contribution in [-0.2, 0) is 0 Å². The Morgan fingerprint density at radius 2 is 1.29 bits per heavy atom. The van der Waals surface area contributed by atoms with Crippen LogP contribution >= 0.6 is 0 Å². The lowest BCUT2D eigenvalue weighted by atomic mass is 9.95. The zero-order valence-electron chi connectivity index (χ0n) is 17.4. The molecule has 0 spiro atoms. The number of aromatic hydroxyl groups is 1. The minimum Gasteiger partial charge on any atom is -0.508 e. The van der Waals surface area contributed by atoms with Gasteiger partial charge in [0.05, 0.1) is 5.56 Å². The predicted octanol–water partition coefficient (Wildman–Crippen LogP) is 3.40. The number of amides is 2. The van der Waals surface area contributed by atoms with Crippen LogP contribution in [0.3, 0.4) is 0 Å². The SMILES string of the molecule is Cc1ccc(C(=O)c2ccccc2C(=O)NCCNC(=O)c2ccc(O)cc2)cc1C. The molecule has 0 atom stereocenters. The van der Waals surface area contributed by atoms with Gasteiger partial charge in [0, 0.05) is 29.8 Å². The van der Waals surface area contributed by atoms with Crippen LogP contribution in [0, 0.1) is 13.8 Å². The number of phenols is 1. The van der Waals surface area contributed by atoms with Crippen molar-refractivity contribution < 1.29 is 19.5 Å². The molecule has 6 nitrogen and oxygen atoms in total. The number of ketones is 1. The van der Waals surface area contributed by atoms with E-state index in [1.807, 2.05) is 26.0 Å². The van der Waals surface area contributed by atoms with E-state index in [4.69, 9.17) is 0 Å². The largest absolute Gasteiger partial charge is 0.508 e. The van der Waals surface area contributed by atoms with E-state index in [9.17, 15) is 19.5 Å². The Kier molecular flexibility index (Phi) is 6.82. The van der Waals surface area contributed by atoms with Crippen molar-refractivity contribution in [2.45, 2.75) is 13.8 Å². The zero-order chi connectivity index (χ0) is 22.4. The zero-order valence-corrected chi connectivity index (χ0v) is 17.4. The smallest absolute Gasteiger partial charge is 0.252 e. The van der Waals surface area contributed by atoms with E-state index < -0.39 is 0 Å². The van der Waals surface area contributed by atoms with Crippen molar-refractivity contribution in [2.75, 3.05) is 13.1 Å². The first-order valence-corrected chi connectivity index (χ1v) is 9.93. The number of carbonyl (C=O) groups excluding carboxylic acids is 3. The van der Waals surface area contributed by atoms with Crippen molar-refractivity contribution >= 4 is 17.6 Å². The molecule has 0 radical (unpaired) electrons. The molecule has 158 valence electrons. The molecule has 0 bridgehead atoms. The molecular formula is C25H24N2O4. The molecule has 0 aliphatic rings. The molecule has 0 aromatic heterocycles. The summed E-state index contributed by atoms with van der Waals surface area (Å²) < 4.78 is 0. The number of nitrogens with one attached hydrogen (secondary N) is 2. The van der Waals surface area contributed by atoms with Crippen molar-refractivity contribution in [1.82, 2.24) is 10.6 Å². The molecule has 0 saturated carbocycles. The monoisotopic (exact) mass is 416 g/mol. The fourth-order valence-electron chi connectivity index (χ4n) is 3.08. The van der Waals surface area contributed by atoms with Gasteiger partial charge in [0.15, 0.2) is 5.78 Å². The average molecular weight is 416 g/mol. The summed E-state index contributed by atoms with van der Waals surface area (Å²) in [5.74, 6) is -0.821. The van der Waals surface area contributed by atoms with Crippen LogP contribution in [0.25, 0.3) is 0 Å². The van der Waals surface area contributed by atoms with Crippen LogP contribution in [0.5, 0.6) is 5.75 Å². The molecule has 0 heterocycles. The van der Waals surface area contributed by atoms with Gasteiger partial charge < -0.3 is 15.7 Å². The van der Waals surface area contributed by atoms with Crippen LogP contribution in [0.15, 0.2) is 66.7 Å². The second-order valence-electron chi connectivity index (χ2n) is 7.23. The maximum atomic E-state index is 13.0. The minimum atomic E-state index is -0.383. The van der Waals surface area contributed by atoms with Gasteiger partial charge in [-0.2, -0.15) is 0 Å². The minimum absolute atomic E-state index is 0.0813. The lowest BCUT2D eigenvalue weighted by Gasteiger charge is -2.11. The standard InChI is InChI=1S/C25H24N2O4/c1-16-7-8-19(15-17(16)2)23(29)21-5-3-4-6-22(21)25(31)27-14-13-26-24(30)18-9-11-20(28)12-10-18/h3-12,15,28H,13-14H2,1-2H3,(H,26,30)(H,27,31). The second-order valence-corrected chi connectivity index (χ2v) is 7.23. The van der Waals surface area contributed by atoms with E-state index in [-0.39, 0.29) is 42.0 Å². The molecule has 0 aliphatic heterocycles. The second kappa shape index (κ2) is 9.71. The van der Waals surface area contributed by atoms with E-state index in [2.05, 4.69) is 10.6 Å². The first-order valence-electron chi connectivity index (χ1n) is 9.93. The summed E-state index contributed by atoms with van der Waals surface area (Å²) >= 11 is 0. The Balaban J connectivity index is 1.62. The Labute approximate surface area is 180 Å². The first-order chi connectivity index (χ1) is 14.9. The molecule has 3 N–H and O–H groups in total. The fraction of sp³-hybridized carbons (Fsp3) is 0.160. The Morgan fingerprint density at radius 1 is 0.710 bits per heavy atom. The van der Waals surface area contributed by atoms with Crippen molar-refractivity contribution in [3.8, 4) is 5.75 Å². The van der Waals surface area contributed by atoms with Crippen LogP contribution in [-0.4, -0.2) is 35.8 Å². The third-order valence-electron chi connectivity index (χ3n) is 5.01. The number of phenolic OH excluding ortho intramolecular Hbond substituents is 1. The summed E-state index contributed by atoms with van der Waals surface area (Å²) in [6.07, 6.45) is 0. The van der Waals surface area contributed by atoms with Gasteiger partial charge in [0.2, 0.25) is 0 Å². The molecule has 0 aliphatic carbocycles. The molecule has 31 heavy (non-hydrogen) atoms. The normalized spacial score (nSPS) is 10.4. The van der Waals surface area contributed by atoms with Crippen LogP contribution in [0.2, 0.25) is 0 Å². The number of benzene rings is 3. The third kappa shape index (κ3) is 5.36. The fourth-order valence-corrected chi connectivity index (χ4v) is 3.08. The summed E-state index contributed by atoms with van der Waals surface area (Å²) in [6.45, 7) is 4.34. The van der Waals surface area contributed by atoms with Gasteiger partial charge in [-0.25, -0.2) is 0 Å². The van der Waals surface area contributed by atoms with Crippen molar-refractivity contribution in [3.63, 3.8) is 0 Å². The molecule has 3 rings (SSSR count). The summed E-state index contributed by atoms with van der Waals surface area (Å²) in [6, 6.07) is 18.0. The van der Waals surface area contributed by atoms with Crippen LogP contribution < -0.4 is 10.6 Å².